The number of benzene rings is 1. The van der Waals surface area contributed by atoms with Gasteiger partial charge in [-0.15, -0.1) is 6.58 Å². The first kappa shape index (κ1) is 14.5. The van der Waals surface area contributed by atoms with E-state index in [1.165, 1.54) is 0 Å². The first-order valence-electron chi connectivity index (χ1n) is 5.94. The monoisotopic (exact) mass is 251 g/mol. The number of aliphatic hydroxyl groups is 1. The zero-order valence-corrected chi connectivity index (χ0v) is 11.0. The van der Waals surface area contributed by atoms with Gasteiger partial charge in [0.1, 0.15) is 11.5 Å². The quantitative estimate of drug-likeness (QED) is 0.547. The Bertz CT molecular complexity index is 379. The number of nitrogens with one attached hydrogen (secondary N) is 1. The van der Waals surface area contributed by atoms with E-state index in [2.05, 4.69) is 11.9 Å². The summed E-state index contributed by atoms with van der Waals surface area (Å²) < 4.78 is 10.4. The van der Waals surface area contributed by atoms with Gasteiger partial charge in [-0.05, 0) is 31.2 Å². The van der Waals surface area contributed by atoms with Gasteiger partial charge in [0, 0.05) is 12.1 Å². The van der Waals surface area contributed by atoms with Crippen molar-refractivity contribution in [2.75, 3.05) is 27.3 Å². The Morgan fingerprint density at radius 3 is 2.78 bits per heavy atom. The highest BCUT2D eigenvalue weighted by atomic mass is 16.5. The largest absolute Gasteiger partial charge is 0.497 e. The van der Waals surface area contributed by atoms with Gasteiger partial charge in [0.2, 0.25) is 0 Å². The fourth-order valence-electron chi connectivity index (χ4n) is 1.65. The number of hydrogen-bond donors (Lipinski definition) is 2. The topological polar surface area (TPSA) is 50.7 Å². The number of aliphatic hydroxyl groups excluding tert-OH is 1. The van der Waals surface area contributed by atoms with E-state index >= 15 is 0 Å². The highest BCUT2D eigenvalue weighted by molar-refractivity contribution is 5.41. The van der Waals surface area contributed by atoms with Crippen LogP contribution in [0.2, 0.25) is 0 Å². The van der Waals surface area contributed by atoms with E-state index in [4.69, 9.17) is 9.47 Å². The molecule has 0 aliphatic rings. The molecule has 1 rings (SSSR count). The molecule has 0 bridgehead atoms. The van der Waals surface area contributed by atoms with Gasteiger partial charge in [-0.3, -0.25) is 0 Å². The molecule has 0 aliphatic carbocycles. The van der Waals surface area contributed by atoms with Crippen LogP contribution in [-0.4, -0.2) is 32.4 Å². The van der Waals surface area contributed by atoms with E-state index in [0.717, 1.165) is 18.5 Å². The molecule has 0 heterocycles. The van der Waals surface area contributed by atoms with Crippen LogP contribution in [0.25, 0.3) is 0 Å². The van der Waals surface area contributed by atoms with Crippen molar-refractivity contribution in [3.05, 3.63) is 36.4 Å². The Kier molecular flexibility index (Phi) is 6.25. The zero-order valence-electron chi connectivity index (χ0n) is 11.0. The summed E-state index contributed by atoms with van der Waals surface area (Å²) in [6, 6.07) is 5.39. The van der Waals surface area contributed by atoms with Gasteiger partial charge >= 0.3 is 0 Å². The molecular formula is C14H21NO3. The fraction of sp³-hybridized carbons (Fsp3) is 0.429. The molecule has 0 saturated carbocycles. The molecule has 4 nitrogen and oxygen atoms in total. The molecule has 1 aromatic carbocycles. The van der Waals surface area contributed by atoms with Gasteiger partial charge in [-0.1, -0.05) is 6.08 Å². The summed E-state index contributed by atoms with van der Waals surface area (Å²) in [5.74, 6) is 1.37. The second kappa shape index (κ2) is 7.74. The molecule has 0 fully saturated rings. The number of methoxy groups -OCH3 is 2. The highest BCUT2D eigenvalue weighted by Gasteiger charge is 2.13. The van der Waals surface area contributed by atoms with Crippen LogP contribution in [0.1, 0.15) is 18.1 Å². The van der Waals surface area contributed by atoms with E-state index < -0.39 is 6.10 Å². The van der Waals surface area contributed by atoms with Crippen molar-refractivity contribution in [3.8, 4) is 11.5 Å². The minimum Gasteiger partial charge on any atom is -0.497 e. The molecule has 0 saturated heterocycles. The Balaban J connectivity index is 2.69. The molecule has 1 atom stereocenters. The maximum Gasteiger partial charge on any atom is 0.124 e. The Labute approximate surface area is 108 Å². The molecule has 0 amide bonds. The summed E-state index contributed by atoms with van der Waals surface area (Å²) in [6.45, 7) is 4.91. The van der Waals surface area contributed by atoms with Gasteiger partial charge in [0.15, 0.2) is 0 Å². The molecule has 0 spiro atoms. The van der Waals surface area contributed by atoms with Crippen molar-refractivity contribution in [3.63, 3.8) is 0 Å². The van der Waals surface area contributed by atoms with E-state index in [1.54, 1.807) is 32.4 Å². The van der Waals surface area contributed by atoms with Crippen molar-refractivity contribution in [2.24, 2.45) is 0 Å². The minimum atomic E-state index is -0.625. The van der Waals surface area contributed by atoms with Crippen LogP contribution in [0, 0.1) is 0 Å². The summed E-state index contributed by atoms with van der Waals surface area (Å²) in [6.07, 6.45) is 2.09. The van der Waals surface area contributed by atoms with Gasteiger partial charge in [0.25, 0.3) is 0 Å². The molecule has 1 unspecified atom stereocenters. The van der Waals surface area contributed by atoms with Gasteiger partial charge in [0.05, 0.1) is 20.3 Å². The van der Waals surface area contributed by atoms with Crippen LogP contribution in [0.3, 0.4) is 0 Å². The summed E-state index contributed by atoms with van der Waals surface area (Å²) in [5, 5.41) is 13.3. The van der Waals surface area contributed by atoms with Gasteiger partial charge < -0.3 is 19.9 Å². The lowest BCUT2D eigenvalue weighted by Gasteiger charge is -2.16. The molecule has 0 aliphatic heterocycles. The Morgan fingerprint density at radius 2 is 2.17 bits per heavy atom. The van der Waals surface area contributed by atoms with Gasteiger partial charge in [-0.2, -0.15) is 0 Å². The lowest BCUT2D eigenvalue weighted by molar-refractivity contribution is 0.170. The number of ether oxygens (including phenoxy) is 2. The molecule has 100 valence electrons. The lowest BCUT2D eigenvalue weighted by Crippen LogP contribution is -2.22. The first-order chi connectivity index (χ1) is 8.72. The average Bonchev–Trinajstić information content (AvgIpc) is 2.42. The van der Waals surface area contributed by atoms with Crippen LogP contribution in [-0.2, 0) is 0 Å². The van der Waals surface area contributed by atoms with Crippen molar-refractivity contribution < 1.29 is 14.6 Å². The van der Waals surface area contributed by atoms with E-state index in [0.29, 0.717) is 18.0 Å². The van der Waals surface area contributed by atoms with Gasteiger partial charge in [-0.25, -0.2) is 0 Å². The molecule has 2 N–H and O–H groups in total. The summed E-state index contributed by atoms with van der Waals surface area (Å²) in [7, 11) is 3.18. The third-order valence-corrected chi connectivity index (χ3v) is 2.66. The zero-order chi connectivity index (χ0) is 13.4. The first-order valence-corrected chi connectivity index (χ1v) is 5.94. The van der Waals surface area contributed by atoms with E-state index in [1.807, 2.05) is 6.08 Å². The van der Waals surface area contributed by atoms with Crippen LogP contribution >= 0.6 is 0 Å². The smallest absolute Gasteiger partial charge is 0.124 e. The molecule has 18 heavy (non-hydrogen) atoms. The Morgan fingerprint density at radius 1 is 1.39 bits per heavy atom. The molecule has 0 aromatic heterocycles. The van der Waals surface area contributed by atoms with Crippen LogP contribution < -0.4 is 14.8 Å². The fourth-order valence-corrected chi connectivity index (χ4v) is 1.65. The minimum absolute atomic E-state index is 0.470. The van der Waals surface area contributed by atoms with E-state index in [-0.39, 0.29) is 0 Å². The molecular weight excluding hydrogens is 230 g/mol. The number of hydrogen-bond acceptors (Lipinski definition) is 4. The second-order valence-corrected chi connectivity index (χ2v) is 3.91. The maximum absolute atomic E-state index is 10.1. The normalized spacial score (nSPS) is 11.9. The molecule has 4 heteroatoms. The third-order valence-electron chi connectivity index (χ3n) is 2.66. The summed E-state index contributed by atoms with van der Waals surface area (Å²) >= 11 is 0. The van der Waals surface area contributed by atoms with Crippen LogP contribution in [0.5, 0.6) is 11.5 Å². The summed E-state index contributed by atoms with van der Waals surface area (Å²) in [5.41, 5.74) is 0.725. The standard InChI is InChI=1S/C14H21NO3/c1-4-5-8-15-10-13(16)12-9-11(17-2)6-7-14(12)18-3/h4,6-7,9,13,15-16H,1,5,8,10H2,2-3H3. The molecule has 1 aromatic rings. The van der Waals surface area contributed by atoms with Crippen molar-refractivity contribution >= 4 is 0 Å². The predicted octanol–water partition coefficient (Wildman–Crippen LogP) is 1.90. The lowest BCUT2D eigenvalue weighted by atomic mass is 10.1. The van der Waals surface area contributed by atoms with Crippen molar-refractivity contribution in [2.45, 2.75) is 12.5 Å². The van der Waals surface area contributed by atoms with E-state index in [9.17, 15) is 5.11 Å². The summed E-state index contributed by atoms with van der Waals surface area (Å²) in [4.78, 5) is 0. The van der Waals surface area contributed by atoms with Crippen molar-refractivity contribution in [1.82, 2.24) is 5.32 Å². The third kappa shape index (κ3) is 4.05. The second-order valence-electron chi connectivity index (χ2n) is 3.91. The number of rotatable bonds is 8. The maximum atomic E-state index is 10.1. The van der Waals surface area contributed by atoms with Crippen LogP contribution in [0.15, 0.2) is 30.9 Å². The molecule has 0 radical (unpaired) electrons. The SMILES string of the molecule is C=CCCNCC(O)c1cc(OC)ccc1OC. The predicted molar refractivity (Wildman–Crippen MR) is 72.2 cm³/mol. The highest BCUT2D eigenvalue weighted by Crippen LogP contribution is 2.28. The van der Waals surface area contributed by atoms with Crippen LogP contribution in [0.4, 0.5) is 0 Å². The average molecular weight is 251 g/mol. The Hall–Kier alpha value is -1.52. The van der Waals surface area contributed by atoms with Crippen molar-refractivity contribution in [1.29, 1.82) is 0 Å².